The Balaban J connectivity index is -0.0000000574. The summed E-state index contributed by atoms with van der Waals surface area (Å²) in [6, 6.07) is 0. The third-order valence-corrected chi connectivity index (χ3v) is 0. The molecule has 0 fully saturated rings. The Kier molecular flexibility index (Phi) is 22.4. The minimum absolute atomic E-state index is 0.750. The van der Waals surface area contributed by atoms with Crippen LogP contribution in [0.1, 0.15) is 0 Å². The summed E-state index contributed by atoms with van der Waals surface area (Å²) in [5.41, 5.74) is 0. The Hall–Kier alpha value is -0.140. The van der Waals surface area contributed by atoms with E-state index in [-0.39, 0.29) is 0 Å². The van der Waals surface area contributed by atoms with Crippen molar-refractivity contribution in [2.75, 3.05) is 56.4 Å². The van der Waals surface area contributed by atoms with E-state index in [9.17, 15) is 0 Å². The van der Waals surface area contributed by atoms with Gasteiger partial charge in [0.15, 0.2) is 0 Å². The van der Waals surface area contributed by atoms with E-state index in [1.807, 2.05) is 6.79 Å². The van der Waals surface area contributed by atoms with Crippen LogP contribution in [0, 0.1) is 0 Å². The average Bonchev–Trinajstić information content (AvgIpc) is 1.84. The fraction of sp³-hybridized carbons (Fsp3) is 0.889. The molecule has 0 saturated carbocycles. The lowest BCUT2D eigenvalue weighted by Gasteiger charge is -2.14. The average molecular weight is 242 g/mol. The molecule has 0 unspecified atom stereocenters. The number of carbonyl (C=O) groups is 1. The number of hydrogen-bond donors (Lipinski definition) is 0. The molecule has 5 nitrogen and oxygen atoms in total. The van der Waals surface area contributed by atoms with E-state index in [2.05, 4.69) is 56.4 Å². The lowest BCUT2D eigenvalue weighted by molar-refractivity contribution is -0.849. The van der Waals surface area contributed by atoms with Crippen LogP contribution < -0.4 is 0 Å². The van der Waals surface area contributed by atoms with Crippen molar-refractivity contribution in [1.29, 1.82) is 0 Å². The highest BCUT2D eigenvalue weighted by Gasteiger charge is 1.88. The van der Waals surface area contributed by atoms with E-state index < -0.39 is 12.3 Å². The number of quaternary nitrogens is 2. The molecule has 0 rings (SSSR count). The van der Waals surface area contributed by atoms with Gasteiger partial charge >= 0.3 is 0 Å². The van der Waals surface area contributed by atoms with Gasteiger partial charge in [0.25, 0.3) is 0 Å². The van der Waals surface area contributed by atoms with E-state index in [0.29, 0.717) is 0 Å². The van der Waals surface area contributed by atoms with Crippen molar-refractivity contribution in [3.63, 3.8) is 0 Å². The Morgan fingerprint density at radius 3 is 0.733 bits per heavy atom. The van der Waals surface area contributed by atoms with Crippen LogP contribution in [0.4, 0.5) is 0 Å². The summed E-state index contributed by atoms with van der Waals surface area (Å²) in [4.78, 5) is 8.00. The van der Waals surface area contributed by atoms with Crippen molar-refractivity contribution >= 4 is 19.1 Å². The van der Waals surface area contributed by atoms with Crippen LogP contribution >= 0.6 is 12.3 Å². The highest BCUT2D eigenvalue weighted by molar-refractivity contribution is 7.87. The summed E-state index contributed by atoms with van der Waals surface area (Å²) in [7, 11) is 17.0. The summed E-state index contributed by atoms with van der Waals surface area (Å²) < 4.78 is 18.6. The molecule has 0 aliphatic heterocycles. The second kappa shape index (κ2) is 13.9. The monoisotopic (exact) mass is 242 g/mol. The maximum Gasteiger partial charge on any atom is 0.106 e. The van der Waals surface area contributed by atoms with Gasteiger partial charge in [0, 0.05) is 0 Å². The van der Waals surface area contributed by atoms with Gasteiger partial charge < -0.3 is 35.2 Å². The van der Waals surface area contributed by atoms with Gasteiger partial charge in [-0.25, -0.2) is 0 Å². The SMILES string of the molecule is C=O.C[N+](C)(C)C.C[N+](C)(C)C.[O-]S[O-]. The molecule has 0 spiro atoms. The number of hydrogen-bond acceptors (Lipinski definition) is 4. The van der Waals surface area contributed by atoms with Crippen LogP contribution in [0.15, 0.2) is 0 Å². The maximum absolute atomic E-state index is 8.29. The molecule has 6 heteroatoms. The van der Waals surface area contributed by atoms with Gasteiger partial charge in [0.05, 0.1) is 56.4 Å². The molecule has 0 radical (unpaired) electrons. The van der Waals surface area contributed by atoms with Crippen molar-refractivity contribution in [1.82, 2.24) is 0 Å². The van der Waals surface area contributed by atoms with Gasteiger partial charge in [-0.05, 0) is 0 Å². The van der Waals surface area contributed by atoms with Crippen molar-refractivity contribution in [2.24, 2.45) is 0 Å². The first-order valence-electron chi connectivity index (χ1n) is 4.20. The smallest absolute Gasteiger partial charge is 0.106 e. The molecule has 0 aliphatic rings. The van der Waals surface area contributed by atoms with Gasteiger partial charge in [0.2, 0.25) is 0 Å². The predicted octanol–water partition coefficient (Wildman–Crippen LogP) is 0.440. The van der Waals surface area contributed by atoms with E-state index >= 15 is 0 Å². The summed E-state index contributed by atoms with van der Waals surface area (Å²) in [5, 5.41) is 0. The molecule has 0 saturated heterocycles. The molecular formula is C9H26N2O3S. The van der Waals surface area contributed by atoms with Crippen LogP contribution in [0.25, 0.3) is 0 Å². The molecule has 0 N–H and O–H groups in total. The van der Waals surface area contributed by atoms with Crippen LogP contribution in [0.5, 0.6) is 0 Å². The van der Waals surface area contributed by atoms with E-state index in [1.54, 1.807) is 0 Å². The zero-order valence-electron chi connectivity index (χ0n) is 11.2. The summed E-state index contributed by atoms with van der Waals surface area (Å²) >= 11 is -0.750. The summed E-state index contributed by atoms with van der Waals surface area (Å²) in [6.07, 6.45) is 0. The van der Waals surface area contributed by atoms with Gasteiger partial charge in [-0.1, -0.05) is 0 Å². The van der Waals surface area contributed by atoms with Crippen molar-refractivity contribution in [3.05, 3.63) is 0 Å². The molecule has 96 valence electrons. The van der Waals surface area contributed by atoms with Crippen LogP contribution in [0.2, 0.25) is 0 Å². The standard InChI is InChI=1S/2C4H12N.CH2O.H2O2S/c2*1-5(2,3)4;1-2;1-3-2/h2*1-4H3;1H2;1-2H/q2*+1;;/p-2. The van der Waals surface area contributed by atoms with Crippen LogP contribution in [0.3, 0.4) is 0 Å². The lowest BCUT2D eigenvalue weighted by atomic mass is 10.8. The highest BCUT2D eigenvalue weighted by Crippen LogP contribution is 1.74. The number of carbonyl (C=O) groups excluding carboxylic acids is 1. The Morgan fingerprint density at radius 1 is 0.733 bits per heavy atom. The Morgan fingerprint density at radius 2 is 0.733 bits per heavy atom. The van der Waals surface area contributed by atoms with E-state index in [1.165, 1.54) is 0 Å². The largest absolute Gasteiger partial charge is 0.811 e. The third-order valence-electron chi connectivity index (χ3n) is 0. The van der Waals surface area contributed by atoms with Crippen molar-refractivity contribution in [2.45, 2.75) is 0 Å². The van der Waals surface area contributed by atoms with Crippen molar-refractivity contribution < 1.29 is 22.9 Å². The molecule has 0 heterocycles. The van der Waals surface area contributed by atoms with Gasteiger partial charge in [-0.3, -0.25) is 0 Å². The van der Waals surface area contributed by atoms with Gasteiger partial charge in [0.1, 0.15) is 6.79 Å². The minimum Gasteiger partial charge on any atom is -0.811 e. The highest BCUT2D eigenvalue weighted by atomic mass is 32.2. The second-order valence-corrected chi connectivity index (χ2v) is 5.57. The molecule has 15 heavy (non-hydrogen) atoms. The van der Waals surface area contributed by atoms with Crippen LogP contribution in [-0.4, -0.2) is 81.2 Å². The minimum atomic E-state index is -0.750. The summed E-state index contributed by atoms with van der Waals surface area (Å²) in [6.45, 7) is 2.00. The van der Waals surface area contributed by atoms with E-state index in [0.717, 1.165) is 8.97 Å². The maximum atomic E-state index is 8.29. The number of nitrogens with zero attached hydrogens (tertiary/aromatic N) is 2. The Labute approximate surface area is 98.9 Å². The lowest BCUT2D eigenvalue weighted by Crippen LogP contribution is -2.27. The fourth-order valence-electron chi connectivity index (χ4n) is 0. The topological polar surface area (TPSA) is 63.2 Å². The number of rotatable bonds is 0. The van der Waals surface area contributed by atoms with Crippen molar-refractivity contribution in [3.8, 4) is 0 Å². The molecule has 0 aromatic heterocycles. The molecule has 0 bridgehead atoms. The first-order valence-corrected chi connectivity index (χ1v) is 4.87. The first-order chi connectivity index (χ1) is 6.41. The van der Waals surface area contributed by atoms with Gasteiger partial charge in [-0.15, -0.1) is 0 Å². The zero-order chi connectivity index (χ0) is 13.7. The molecule has 0 aromatic carbocycles. The molecular weight excluding hydrogens is 216 g/mol. The fourth-order valence-corrected chi connectivity index (χ4v) is 0. The second-order valence-electron chi connectivity index (χ2n) is 5.43. The Bertz CT molecular complexity index is 86.9. The zero-order valence-corrected chi connectivity index (χ0v) is 12.1. The predicted molar refractivity (Wildman–Crippen MR) is 64.2 cm³/mol. The molecule has 0 aromatic rings. The van der Waals surface area contributed by atoms with E-state index in [4.69, 9.17) is 13.9 Å². The quantitative estimate of drug-likeness (QED) is 0.457. The molecule has 0 amide bonds. The summed E-state index contributed by atoms with van der Waals surface area (Å²) in [5.74, 6) is 0. The van der Waals surface area contributed by atoms with Crippen LogP contribution in [-0.2, 0) is 4.79 Å². The first kappa shape index (κ1) is 24.2. The third kappa shape index (κ3) is 99500. The normalized spacial score (nSPS) is 9.47. The molecule has 0 aliphatic carbocycles. The molecule has 0 atom stereocenters. The van der Waals surface area contributed by atoms with Gasteiger partial charge in [-0.2, -0.15) is 0 Å².